The van der Waals surface area contributed by atoms with Gasteiger partial charge in [-0.1, -0.05) is 12.8 Å². The lowest BCUT2D eigenvalue weighted by Crippen LogP contribution is -2.57. The molecule has 0 bridgehead atoms. The zero-order valence-corrected chi connectivity index (χ0v) is 16.5. The Morgan fingerprint density at radius 2 is 1.25 bits per heavy atom. The van der Waals surface area contributed by atoms with E-state index in [1.54, 1.807) is 24.3 Å². The Labute approximate surface area is 172 Å². The molecule has 4 N–H and O–H groups in total. The summed E-state index contributed by atoms with van der Waals surface area (Å²) in [5.41, 5.74) is 0. The Bertz CT molecular complexity index is 766. The largest absolute Gasteiger partial charge is 0.459 e. The van der Waals surface area contributed by atoms with E-state index < -0.39 is 11.8 Å². The van der Waals surface area contributed by atoms with Crippen molar-refractivity contribution in [3.63, 3.8) is 0 Å². The van der Waals surface area contributed by atoms with Crippen molar-refractivity contribution in [1.29, 1.82) is 0 Å². The minimum Gasteiger partial charge on any atom is -0.459 e. The molecule has 28 heavy (non-hydrogen) atoms. The highest BCUT2D eigenvalue weighted by molar-refractivity contribution is 7.80. The van der Waals surface area contributed by atoms with Gasteiger partial charge in [-0.2, -0.15) is 0 Å². The number of amides is 2. The summed E-state index contributed by atoms with van der Waals surface area (Å²) >= 11 is 10.5. The molecule has 1 saturated carbocycles. The third-order valence-electron chi connectivity index (χ3n) is 4.34. The second-order valence-electron chi connectivity index (χ2n) is 6.31. The second kappa shape index (κ2) is 9.47. The van der Waals surface area contributed by atoms with Crippen LogP contribution in [0.4, 0.5) is 0 Å². The minimum absolute atomic E-state index is 0.0448. The Morgan fingerprint density at radius 3 is 1.61 bits per heavy atom. The third-order valence-corrected chi connectivity index (χ3v) is 4.78. The quantitative estimate of drug-likeness (QED) is 0.557. The molecule has 1 aliphatic carbocycles. The van der Waals surface area contributed by atoms with Crippen molar-refractivity contribution in [2.24, 2.45) is 0 Å². The van der Waals surface area contributed by atoms with E-state index >= 15 is 0 Å². The fourth-order valence-corrected chi connectivity index (χ4v) is 3.52. The Morgan fingerprint density at radius 1 is 0.821 bits per heavy atom. The Hall–Kier alpha value is -2.72. The van der Waals surface area contributed by atoms with Crippen LogP contribution in [0.2, 0.25) is 0 Å². The number of carbonyl (C=O) groups is 2. The van der Waals surface area contributed by atoms with Crippen LogP contribution in [0.1, 0.15) is 46.8 Å². The van der Waals surface area contributed by atoms with Crippen LogP contribution in [0.15, 0.2) is 45.6 Å². The molecule has 2 heterocycles. The number of hydrogen-bond acceptors (Lipinski definition) is 6. The van der Waals surface area contributed by atoms with Crippen LogP contribution in [0, 0.1) is 0 Å². The summed E-state index contributed by atoms with van der Waals surface area (Å²) in [7, 11) is 0. The molecule has 148 valence electrons. The zero-order valence-electron chi connectivity index (χ0n) is 14.9. The third kappa shape index (κ3) is 5.40. The van der Waals surface area contributed by atoms with Gasteiger partial charge in [0.15, 0.2) is 21.7 Å². The molecule has 0 spiro atoms. The molecule has 0 aromatic carbocycles. The van der Waals surface area contributed by atoms with Gasteiger partial charge in [0.1, 0.15) is 0 Å². The topological polar surface area (TPSA) is 109 Å². The van der Waals surface area contributed by atoms with Crippen LogP contribution >= 0.6 is 24.4 Å². The fraction of sp³-hybridized carbons (Fsp3) is 0.333. The maximum atomic E-state index is 12.0. The molecule has 0 aliphatic heterocycles. The highest BCUT2D eigenvalue weighted by Gasteiger charge is 2.27. The van der Waals surface area contributed by atoms with Gasteiger partial charge in [-0.05, 0) is 61.5 Å². The number of carbonyl (C=O) groups excluding carboxylic acids is 2. The van der Waals surface area contributed by atoms with Gasteiger partial charge in [0.2, 0.25) is 0 Å². The molecule has 8 nitrogen and oxygen atoms in total. The summed E-state index contributed by atoms with van der Waals surface area (Å²) < 4.78 is 10.1. The molecule has 2 atom stereocenters. The average molecular weight is 421 g/mol. The van der Waals surface area contributed by atoms with Crippen molar-refractivity contribution in [3.8, 4) is 0 Å². The van der Waals surface area contributed by atoms with Gasteiger partial charge in [-0.15, -0.1) is 0 Å². The second-order valence-corrected chi connectivity index (χ2v) is 7.12. The van der Waals surface area contributed by atoms with Gasteiger partial charge < -0.3 is 19.5 Å². The van der Waals surface area contributed by atoms with Gasteiger partial charge in [0.05, 0.1) is 12.5 Å². The van der Waals surface area contributed by atoms with Crippen LogP contribution in [0.5, 0.6) is 0 Å². The molecule has 0 saturated heterocycles. The maximum absolute atomic E-state index is 12.0. The first kappa shape index (κ1) is 20.0. The summed E-state index contributed by atoms with van der Waals surface area (Å²) in [5.74, 6) is -0.457. The number of furan rings is 2. The molecule has 3 rings (SSSR count). The van der Waals surface area contributed by atoms with Crippen LogP contribution in [-0.4, -0.2) is 34.1 Å². The molecule has 2 aromatic heterocycles. The first-order valence-corrected chi connectivity index (χ1v) is 9.65. The predicted molar refractivity (Wildman–Crippen MR) is 110 cm³/mol. The molecular formula is C18H20N4O4S2. The molecule has 0 radical (unpaired) electrons. The summed E-state index contributed by atoms with van der Waals surface area (Å²) in [6.45, 7) is 0. The van der Waals surface area contributed by atoms with E-state index in [4.69, 9.17) is 33.3 Å². The van der Waals surface area contributed by atoms with E-state index in [1.165, 1.54) is 12.5 Å². The Balaban J connectivity index is 1.51. The average Bonchev–Trinajstić information content (AvgIpc) is 3.37. The minimum atomic E-state index is -0.413. The van der Waals surface area contributed by atoms with E-state index in [0.717, 1.165) is 25.7 Å². The van der Waals surface area contributed by atoms with Crippen molar-refractivity contribution in [3.05, 3.63) is 48.3 Å². The normalized spacial score (nSPS) is 18.7. The van der Waals surface area contributed by atoms with Gasteiger partial charge in [-0.25, -0.2) is 0 Å². The van der Waals surface area contributed by atoms with Crippen LogP contribution in [0.3, 0.4) is 0 Å². The molecular weight excluding hydrogens is 400 g/mol. The SMILES string of the molecule is O=C(NC(=S)NC1CCCCC1NC(=S)NC(=O)c1ccco1)c1ccco1. The van der Waals surface area contributed by atoms with E-state index in [0.29, 0.717) is 0 Å². The lowest BCUT2D eigenvalue weighted by Gasteiger charge is -2.34. The van der Waals surface area contributed by atoms with E-state index in [-0.39, 0.29) is 33.8 Å². The molecule has 10 heteroatoms. The van der Waals surface area contributed by atoms with Crippen molar-refractivity contribution in [2.75, 3.05) is 0 Å². The lowest BCUT2D eigenvalue weighted by atomic mass is 9.90. The smallest absolute Gasteiger partial charge is 0.293 e. The van der Waals surface area contributed by atoms with Crippen molar-refractivity contribution < 1.29 is 18.4 Å². The van der Waals surface area contributed by atoms with Gasteiger partial charge in [0.25, 0.3) is 11.8 Å². The molecule has 1 fully saturated rings. The van der Waals surface area contributed by atoms with Crippen molar-refractivity contribution in [1.82, 2.24) is 21.3 Å². The molecule has 2 aromatic rings. The summed E-state index contributed by atoms with van der Waals surface area (Å²) in [6.07, 6.45) is 6.59. The van der Waals surface area contributed by atoms with Gasteiger partial charge in [-0.3, -0.25) is 20.2 Å². The summed E-state index contributed by atoms with van der Waals surface area (Å²) in [4.78, 5) is 24.1. The van der Waals surface area contributed by atoms with Crippen LogP contribution in [0.25, 0.3) is 0 Å². The fourth-order valence-electron chi connectivity index (χ4n) is 3.03. The van der Waals surface area contributed by atoms with Crippen LogP contribution < -0.4 is 21.3 Å². The first-order chi connectivity index (χ1) is 13.5. The van der Waals surface area contributed by atoms with E-state index in [1.807, 2.05) is 0 Å². The molecule has 2 amide bonds. The maximum Gasteiger partial charge on any atom is 0.293 e. The van der Waals surface area contributed by atoms with Crippen molar-refractivity contribution >= 4 is 46.5 Å². The van der Waals surface area contributed by atoms with E-state index in [9.17, 15) is 9.59 Å². The lowest BCUT2D eigenvalue weighted by molar-refractivity contribution is 0.0940. The first-order valence-electron chi connectivity index (χ1n) is 8.83. The summed E-state index contributed by atoms with van der Waals surface area (Å²) in [5, 5.41) is 11.9. The number of rotatable bonds is 4. The molecule has 2 unspecified atom stereocenters. The van der Waals surface area contributed by atoms with Crippen LogP contribution in [-0.2, 0) is 0 Å². The van der Waals surface area contributed by atoms with Gasteiger partial charge >= 0.3 is 0 Å². The van der Waals surface area contributed by atoms with Crippen molar-refractivity contribution in [2.45, 2.75) is 37.8 Å². The summed E-state index contributed by atoms with van der Waals surface area (Å²) in [6, 6.07) is 6.29. The number of hydrogen-bond donors (Lipinski definition) is 4. The molecule has 1 aliphatic rings. The standard InChI is InChI=1S/C18H20N4O4S2/c23-15(13-7-3-9-25-13)21-17(27)19-11-5-1-2-6-12(11)20-18(28)22-16(24)14-8-4-10-26-14/h3-4,7-12H,1-2,5-6H2,(H2,19,21,23,27)(H2,20,22,24,28). The van der Waals surface area contributed by atoms with Gasteiger partial charge in [0, 0.05) is 12.1 Å². The number of thiocarbonyl (C=S) groups is 2. The monoisotopic (exact) mass is 420 g/mol. The number of nitrogens with one attached hydrogen (secondary N) is 4. The predicted octanol–water partition coefficient (Wildman–Crippen LogP) is 2.09. The highest BCUT2D eigenvalue weighted by atomic mass is 32.1. The highest BCUT2D eigenvalue weighted by Crippen LogP contribution is 2.18. The Kier molecular flexibility index (Phi) is 6.77. The zero-order chi connectivity index (χ0) is 19.9. The van der Waals surface area contributed by atoms with E-state index in [2.05, 4.69) is 21.3 Å².